The number of nitro groups is 1. The third kappa shape index (κ3) is 3.77. The average molecular weight is 284 g/mol. The van der Waals surface area contributed by atoms with Crippen molar-refractivity contribution in [2.45, 2.75) is 34.2 Å². The fraction of sp³-hybridized carbons (Fsp3) is 0.667. The second-order valence-corrected chi connectivity index (χ2v) is 5.53. The average Bonchev–Trinajstić information content (AvgIpc) is 2.62. The lowest BCUT2D eigenvalue weighted by Gasteiger charge is -2.21. The Morgan fingerprint density at radius 3 is 2.55 bits per heavy atom. The summed E-state index contributed by atoms with van der Waals surface area (Å²) in [6, 6.07) is 0. The van der Waals surface area contributed by atoms with Crippen LogP contribution in [0.1, 0.15) is 25.2 Å². The number of amides is 1. The molecule has 0 radical (unpaired) electrons. The zero-order valence-electron chi connectivity index (χ0n) is 12.1. The summed E-state index contributed by atoms with van der Waals surface area (Å²) < 4.78 is 1.31. The van der Waals surface area contributed by atoms with Gasteiger partial charge in [-0.25, -0.2) is 0 Å². The van der Waals surface area contributed by atoms with Gasteiger partial charge in [0.05, 0.1) is 4.92 Å². The summed E-state index contributed by atoms with van der Waals surface area (Å²) in [5, 5.41) is 26.6. The van der Waals surface area contributed by atoms with Crippen LogP contribution >= 0.6 is 0 Å². The number of aryl methyl sites for hydroxylation is 1. The minimum Gasteiger partial charge on any atom is -0.396 e. The molecule has 0 fully saturated rings. The van der Waals surface area contributed by atoms with Crippen LogP contribution in [0.15, 0.2) is 0 Å². The van der Waals surface area contributed by atoms with Crippen molar-refractivity contribution >= 4 is 11.6 Å². The first-order valence-corrected chi connectivity index (χ1v) is 6.24. The monoisotopic (exact) mass is 284 g/mol. The minimum atomic E-state index is -0.499. The maximum atomic E-state index is 11.8. The van der Waals surface area contributed by atoms with Crippen molar-refractivity contribution in [1.29, 1.82) is 0 Å². The van der Waals surface area contributed by atoms with E-state index in [1.54, 1.807) is 6.92 Å². The van der Waals surface area contributed by atoms with E-state index >= 15 is 0 Å². The van der Waals surface area contributed by atoms with Gasteiger partial charge >= 0.3 is 5.69 Å². The molecule has 8 nitrogen and oxygen atoms in total. The highest BCUT2D eigenvalue weighted by molar-refractivity contribution is 5.75. The number of hydrogen-bond donors (Lipinski definition) is 2. The molecule has 1 heterocycles. The van der Waals surface area contributed by atoms with E-state index in [1.807, 2.05) is 13.8 Å². The van der Waals surface area contributed by atoms with E-state index in [4.69, 9.17) is 5.11 Å². The van der Waals surface area contributed by atoms with Crippen molar-refractivity contribution in [2.24, 2.45) is 5.41 Å². The standard InChI is InChI=1S/C12H20N4O4/c1-8-11(16(19)20)9(2)15(14-8)5-10(18)13-6-12(3,4)7-17/h17H,5-7H2,1-4H3,(H,13,18). The van der Waals surface area contributed by atoms with Crippen LogP contribution in [-0.2, 0) is 11.3 Å². The first kappa shape index (κ1) is 16.1. The Bertz CT molecular complexity index is 522. The number of nitrogens with zero attached hydrogens (tertiary/aromatic N) is 3. The van der Waals surface area contributed by atoms with Gasteiger partial charge in [-0.2, -0.15) is 5.10 Å². The second kappa shape index (κ2) is 6.00. The van der Waals surface area contributed by atoms with Gasteiger partial charge in [0, 0.05) is 18.6 Å². The van der Waals surface area contributed by atoms with E-state index in [0.717, 1.165) is 0 Å². The zero-order chi connectivity index (χ0) is 15.5. The number of aromatic nitrogens is 2. The predicted molar refractivity (Wildman–Crippen MR) is 72.2 cm³/mol. The van der Waals surface area contributed by atoms with E-state index in [0.29, 0.717) is 12.2 Å². The lowest BCUT2D eigenvalue weighted by molar-refractivity contribution is -0.386. The van der Waals surface area contributed by atoms with Gasteiger partial charge in [-0.3, -0.25) is 19.6 Å². The normalized spacial score (nSPS) is 11.4. The molecule has 0 saturated heterocycles. The largest absolute Gasteiger partial charge is 0.396 e. The van der Waals surface area contributed by atoms with E-state index in [-0.39, 0.29) is 30.4 Å². The van der Waals surface area contributed by atoms with Gasteiger partial charge in [0.1, 0.15) is 17.9 Å². The topological polar surface area (TPSA) is 110 Å². The molecule has 1 aromatic rings. The Morgan fingerprint density at radius 2 is 2.10 bits per heavy atom. The molecule has 1 amide bonds. The van der Waals surface area contributed by atoms with Crippen LogP contribution in [0.4, 0.5) is 5.69 Å². The highest BCUT2D eigenvalue weighted by Gasteiger charge is 2.23. The highest BCUT2D eigenvalue weighted by Crippen LogP contribution is 2.21. The fourth-order valence-corrected chi connectivity index (χ4v) is 1.69. The molecule has 0 spiro atoms. The zero-order valence-corrected chi connectivity index (χ0v) is 12.1. The molecule has 0 bridgehead atoms. The number of aliphatic hydroxyl groups excluding tert-OH is 1. The SMILES string of the molecule is Cc1nn(CC(=O)NCC(C)(C)CO)c(C)c1[N+](=O)[O-]. The highest BCUT2D eigenvalue weighted by atomic mass is 16.6. The van der Waals surface area contributed by atoms with Gasteiger partial charge in [0.25, 0.3) is 0 Å². The molecule has 1 rings (SSSR count). The van der Waals surface area contributed by atoms with Gasteiger partial charge in [-0.05, 0) is 13.8 Å². The fourth-order valence-electron chi connectivity index (χ4n) is 1.69. The van der Waals surface area contributed by atoms with Gasteiger partial charge in [0.2, 0.25) is 5.91 Å². The summed E-state index contributed by atoms with van der Waals surface area (Å²) >= 11 is 0. The molecule has 8 heteroatoms. The van der Waals surface area contributed by atoms with E-state index < -0.39 is 10.3 Å². The van der Waals surface area contributed by atoms with Crippen molar-refractivity contribution in [2.75, 3.05) is 13.2 Å². The van der Waals surface area contributed by atoms with Crippen molar-refractivity contribution < 1.29 is 14.8 Å². The van der Waals surface area contributed by atoms with Crippen molar-refractivity contribution in [3.05, 3.63) is 21.5 Å². The van der Waals surface area contributed by atoms with Gasteiger partial charge in [-0.15, -0.1) is 0 Å². The summed E-state index contributed by atoms with van der Waals surface area (Å²) in [5.74, 6) is -0.299. The minimum absolute atomic E-state index is 0.0430. The molecule has 0 aromatic carbocycles. The lowest BCUT2D eigenvalue weighted by Crippen LogP contribution is -2.38. The van der Waals surface area contributed by atoms with Crippen LogP contribution in [0.25, 0.3) is 0 Å². The molecule has 0 unspecified atom stereocenters. The molecule has 2 N–H and O–H groups in total. The number of carbonyl (C=O) groups excluding carboxylic acids is 1. The van der Waals surface area contributed by atoms with Crippen molar-refractivity contribution in [3.8, 4) is 0 Å². The number of carbonyl (C=O) groups is 1. The first-order valence-electron chi connectivity index (χ1n) is 6.24. The molecule has 0 aliphatic rings. The number of nitrogens with one attached hydrogen (secondary N) is 1. The first-order chi connectivity index (χ1) is 9.18. The Labute approximate surface area is 116 Å². The van der Waals surface area contributed by atoms with Crippen molar-refractivity contribution in [1.82, 2.24) is 15.1 Å². The molecule has 0 aliphatic heterocycles. The Balaban J connectivity index is 2.73. The van der Waals surface area contributed by atoms with E-state index in [1.165, 1.54) is 11.6 Å². The molecule has 1 aromatic heterocycles. The predicted octanol–water partition coefficient (Wildman–Crippen LogP) is 0.543. The summed E-state index contributed by atoms with van der Waals surface area (Å²) in [6.07, 6.45) is 0. The number of hydrogen-bond acceptors (Lipinski definition) is 5. The van der Waals surface area contributed by atoms with Gasteiger partial charge < -0.3 is 10.4 Å². The maximum absolute atomic E-state index is 11.8. The van der Waals surface area contributed by atoms with Crippen LogP contribution in [0.3, 0.4) is 0 Å². The number of rotatable bonds is 6. The van der Waals surface area contributed by atoms with Crippen LogP contribution in [-0.4, -0.2) is 38.9 Å². The summed E-state index contributed by atoms with van der Waals surface area (Å²) in [6.45, 7) is 6.94. The third-order valence-electron chi connectivity index (χ3n) is 3.01. The molecule has 0 saturated carbocycles. The van der Waals surface area contributed by atoms with Gasteiger partial charge in [0.15, 0.2) is 0 Å². The smallest absolute Gasteiger partial charge is 0.312 e. The molecule has 0 atom stereocenters. The Morgan fingerprint density at radius 1 is 1.50 bits per heavy atom. The third-order valence-corrected chi connectivity index (χ3v) is 3.01. The second-order valence-electron chi connectivity index (χ2n) is 5.53. The summed E-state index contributed by atoms with van der Waals surface area (Å²) in [5.41, 5.74) is 0.171. The van der Waals surface area contributed by atoms with Crippen LogP contribution in [0.2, 0.25) is 0 Å². The van der Waals surface area contributed by atoms with Gasteiger partial charge in [-0.1, -0.05) is 13.8 Å². The van der Waals surface area contributed by atoms with Crippen LogP contribution in [0.5, 0.6) is 0 Å². The van der Waals surface area contributed by atoms with E-state index in [2.05, 4.69) is 10.4 Å². The Hall–Kier alpha value is -1.96. The van der Waals surface area contributed by atoms with Crippen molar-refractivity contribution in [3.63, 3.8) is 0 Å². The van der Waals surface area contributed by atoms with Crippen LogP contribution in [0, 0.1) is 29.4 Å². The number of aliphatic hydroxyl groups is 1. The lowest BCUT2D eigenvalue weighted by atomic mass is 9.95. The summed E-state index contributed by atoms with van der Waals surface area (Å²) in [4.78, 5) is 22.2. The molecular weight excluding hydrogens is 264 g/mol. The molecule has 0 aliphatic carbocycles. The summed E-state index contributed by atoms with van der Waals surface area (Å²) in [7, 11) is 0. The molecule has 20 heavy (non-hydrogen) atoms. The quantitative estimate of drug-likeness (QED) is 0.585. The molecule has 112 valence electrons. The van der Waals surface area contributed by atoms with Crippen LogP contribution < -0.4 is 5.32 Å². The maximum Gasteiger partial charge on any atom is 0.312 e. The Kier molecular flexibility index (Phi) is 4.83. The molecular formula is C12H20N4O4. The van der Waals surface area contributed by atoms with E-state index in [9.17, 15) is 14.9 Å².